The summed E-state index contributed by atoms with van der Waals surface area (Å²) in [6.07, 6.45) is 0.557. The molecule has 0 saturated heterocycles. The van der Waals surface area contributed by atoms with Crippen LogP contribution in [0.2, 0.25) is 0 Å². The molecule has 1 amide bonds. The lowest BCUT2D eigenvalue weighted by molar-refractivity contribution is -0.130. The minimum absolute atomic E-state index is 0.00938. The van der Waals surface area contributed by atoms with Crippen molar-refractivity contribution in [1.29, 1.82) is 0 Å². The van der Waals surface area contributed by atoms with Crippen LogP contribution in [0.15, 0.2) is 47.6 Å². The van der Waals surface area contributed by atoms with E-state index in [1.807, 2.05) is 13.0 Å². The van der Waals surface area contributed by atoms with E-state index in [9.17, 15) is 9.90 Å². The van der Waals surface area contributed by atoms with Crippen molar-refractivity contribution in [3.8, 4) is 23.0 Å². The zero-order valence-corrected chi connectivity index (χ0v) is 13.6. The number of amides is 1. The van der Waals surface area contributed by atoms with Crippen LogP contribution in [-0.2, 0) is 4.79 Å². The molecule has 3 rings (SSSR count). The van der Waals surface area contributed by atoms with E-state index in [0.717, 1.165) is 0 Å². The first-order valence-corrected chi connectivity index (χ1v) is 7.84. The summed E-state index contributed by atoms with van der Waals surface area (Å²) in [4.78, 5) is 12.1. The van der Waals surface area contributed by atoms with Crippen molar-refractivity contribution in [3.63, 3.8) is 0 Å². The first kappa shape index (κ1) is 16.6. The monoisotopic (exact) mass is 342 g/mol. The number of benzene rings is 2. The molecule has 2 aromatic rings. The molecule has 0 bridgehead atoms. The minimum atomic E-state index is -0.791. The fourth-order valence-electron chi connectivity index (χ4n) is 2.28. The Morgan fingerprint density at radius 2 is 2.16 bits per heavy atom. The van der Waals surface area contributed by atoms with Gasteiger partial charge in [0, 0.05) is 11.6 Å². The summed E-state index contributed by atoms with van der Waals surface area (Å²) < 4.78 is 16.4. The molecule has 0 fully saturated rings. The van der Waals surface area contributed by atoms with E-state index in [-0.39, 0.29) is 12.4 Å². The van der Waals surface area contributed by atoms with E-state index in [1.165, 1.54) is 12.3 Å². The Kier molecular flexibility index (Phi) is 5.03. The van der Waals surface area contributed by atoms with E-state index in [2.05, 4.69) is 10.5 Å². The van der Waals surface area contributed by atoms with E-state index < -0.39 is 12.0 Å². The van der Waals surface area contributed by atoms with Crippen molar-refractivity contribution in [2.75, 3.05) is 13.2 Å². The number of phenolic OH excluding ortho intramolecular Hbond substituents is 1. The summed E-state index contributed by atoms with van der Waals surface area (Å²) in [6, 6.07) is 12.0. The summed E-state index contributed by atoms with van der Waals surface area (Å²) in [7, 11) is 0. The molecule has 1 heterocycles. The summed E-state index contributed by atoms with van der Waals surface area (Å²) >= 11 is 0. The van der Waals surface area contributed by atoms with Crippen molar-refractivity contribution in [2.45, 2.75) is 13.0 Å². The lowest BCUT2D eigenvalue weighted by atomic mass is 10.2. The van der Waals surface area contributed by atoms with E-state index >= 15 is 0 Å². The van der Waals surface area contributed by atoms with Crippen molar-refractivity contribution in [2.24, 2.45) is 5.10 Å². The minimum Gasteiger partial charge on any atom is -0.507 e. The van der Waals surface area contributed by atoms with Gasteiger partial charge in [0.1, 0.15) is 18.1 Å². The molecule has 7 heteroatoms. The maximum absolute atomic E-state index is 12.1. The molecule has 0 saturated carbocycles. The number of hydrogen-bond donors (Lipinski definition) is 2. The Morgan fingerprint density at radius 3 is 2.92 bits per heavy atom. The van der Waals surface area contributed by atoms with Crippen molar-refractivity contribution in [3.05, 3.63) is 48.0 Å². The van der Waals surface area contributed by atoms with Crippen LogP contribution in [0.1, 0.15) is 12.5 Å². The van der Waals surface area contributed by atoms with E-state index in [1.54, 1.807) is 30.3 Å². The van der Waals surface area contributed by atoms with Crippen molar-refractivity contribution >= 4 is 12.1 Å². The van der Waals surface area contributed by atoms with Gasteiger partial charge in [0.2, 0.25) is 6.10 Å². The van der Waals surface area contributed by atoms with Gasteiger partial charge < -0.3 is 19.3 Å². The largest absolute Gasteiger partial charge is 0.507 e. The van der Waals surface area contributed by atoms with Crippen LogP contribution < -0.4 is 19.6 Å². The SMILES string of the molecule is CCOc1ccc(/C=N/NC(=O)[C@H]2COc3ccccc3O2)c(O)c1. The van der Waals surface area contributed by atoms with Gasteiger partial charge in [-0.1, -0.05) is 12.1 Å². The molecule has 0 radical (unpaired) electrons. The predicted octanol–water partition coefficient (Wildman–Crippen LogP) is 2.08. The van der Waals surface area contributed by atoms with Gasteiger partial charge in [0.15, 0.2) is 11.5 Å². The van der Waals surface area contributed by atoms with Gasteiger partial charge in [-0.05, 0) is 31.2 Å². The fourth-order valence-corrected chi connectivity index (χ4v) is 2.28. The summed E-state index contributed by atoms with van der Waals surface area (Å²) in [5.41, 5.74) is 2.84. The number of nitrogens with zero attached hydrogens (tertiary/aromatic N) is 1. The predicted molar refractivity (Wildman–Crippen MR) is 91.4 cm³/mol. The highest BCUT2D eigenvalue weighted by Gasteiger charge is 2.26. The van der Waals surface area contributed by atoms with Gasteiger partial charge in [-0.25, -0.2) is 5.43 Å². The number of para-hydroxylation sites is 2. The number of phenols is 1. The third-order valence-electron chi connectivity index (χ3n) is 3.49. The number of fused-ring (bicyclic) bond motifs is 1. The molecule has 0 aliphatic carbocycles. The molecule has 2 aromatic carbocycles. The molecule has 7 nitrogen and oxygen atoms in total. The lowest BCUT2D eigenvalue weighted by Gasteiger charge is -2.24. The van der Waals surface area contributed by atoms with Crippen LogP contribution in [0.3, 0.4) is 0 Å². The molecule has 0 aromatic heterocycles. The van der Waals surface area contributed by atoms with Crippen LogP contribution in [-0.4, -0.2) is 36.5 Å². The second-order valence-electron chi connectivity index (χ2n) is 5.25. The number of nitrogens with one attached hydrogen (secondary N) is 1. The molecule has 130 valence electrons. The summed E-state index contributed by atoms with van der Waals surface area (Å²) in [5, 5.41) is 13.8. The molecular weight excluding hydrogens is 324 g/mol. The van der Waals surface area contributed by atoms with Crippen LogP contribution >= 0.6 is 0 Å². The quantitative estimate of drug-likeness (QED) is 0.641. The average molecular weight is 342 g/mol. The first-order valence-electron chi connectivity index (χ1n) is 7.84. The smallest absolute Gasteiger partial charge is 0.284 e. The highest BCUT2D eigenvalue weighted by atomic mass is 16.6. The second kappa shape index (κ2) is 7.57. The number of hydrazone groups is 1. The third-order valence-corrected chi connectivity index (χ3v) is 3.49. The topological polar surface area (TPSA) is 89.4 Å². The average Bonchev–Trinajstić information content (AvgIpc) is 2.63. The molecule has 1 aliphatic rings. The van der Waals surface area contributed by atoms with Crippen LogP contribution in [0.5, 0.6) is 23.0 Å². The van der Waals surface area contributed by atoms with Gasteiger partial charge in [-0.15, -0.1) is 0 Å². The van der Waals surface area contributed by atoms with E-state index in [4.69, 9.17) is 14.2 Å². The Balaban J connectivity index is 1.58. The Bertz CT molecular complexity index is 791. The van der Waals surface area contributed by atoms with Gasteiger partial charge >= 0.3 is 0 Å². The molecule has 25 heavy (non-hydrogen) atoms. The molecule has 2 N–H and O–H groups in total. The highest BCUT2D eigenvalue weighted by Crippen LogP contribution is 2.30. The van der Waals surface area contributed by atoms with Crippen molar-refractivity contribution in [1.82, 2.24) is 5.43 Å². The standard InChI is InChI=1S/C18H18N2O5/c1-2-23-13-8-7-12(14(21)9-13)10-19-20-18(22)17-11-24-15-5-3-4-6-16(15)25-17/h3-10,17,21H,2,11H2,1H3,(H,20,22)/b19-10+/t17-/m1/s1. The fraction of sp³-hybridized carbons (Fsp3) is 0.222. The zero-order valence-electron chi connectivity index (χ0n) is 13.6. The number of carbonyl (C=O) groups is 1. The van der Waals surface area contributed by atoms with Crippen molar-refractivity contribution < 1.29 is 24.1 Å². The van der Waals surface area contributed by atoms with Crippen LogP contribution in [0, 0.1) is 0 Å². The van der Waals surface area contributed by atoms with Gasteiger partial charge in [0.05, 0.1) is 12.8 Å². The maximum atomic E-state index is 12.1. The number of rotatable bonds is 5. The Morgan fingerprint density at radius 1 is 1.36 bits per heavy atom. The highest BCUT2D eigenvalue weighted by molar-refractivity contribution is 5.86. The molecule has 0 unspecified atom stereocenters. The number of hydrogen-bond acceptors (Lipinski definition) is 6. The summed E-state index contributed by atoms with van der Waals surface area (Å²) in [6.45, 7) is 2.47. The Labute approximate surface area is 144 Å². The molecule has 1 atom stereocenters. The third kappa shape index (κ3) is 4.00. The second-order valence-corrected chi connectivity index (χ2v) is 5.25. The maximum Gasteiger partial charge on any atom is 0.284 e. The van der Waals surface area contributed by atoms with Gasteiger partial charge in [0.25, 0.3) is 5.91 Å². The molecule has 1 aliphatic heterocycles. The van der Waals surface area contributed by atoms with E-state index in [0.29, 0.717) is 29.4 Å². The van der Waals surface area contributed by atoms with Gasteiger partial charge in [-0.2, -0.15) is 5.10 Å². The lowest BCUT2D eigenvalue weighted by Crippen LogP contribution is -2.42. The number of ether oxygens (including phenoxy) is 3. The Hall–Kier alpha value is -3.22. The van der Waals surface area contributed by atoms with Crippen LogP contribution in [0.4, 0.5) is 0 Å². The van der Waals surface area contributed by atoms with Gasteiger partial charge in [-0.3, -0.25) is 4.79 Å². The van der Waals surface area contributed by atoms with Crippen LogP contribution in [0.25, 0.3) is 0 Å². The summed E-state index contributed by atoms with van der Waals surface area (Å²) in [5.74, 6) is 1.26. The number of aromatic hydroxyl groups is 1. The molecule has 0 spiro atoms. The zero-order chi connectivity index (χ0) is 17.6. The molecular formula is C18H18N2O5. The number of carbonyl (C=O) groups excluding carboxylic acids is 1. The first-order chi connectivity index (χ1) is 12.2. The normalized spacial score (nSPS) is 15.8.